The zero-order chi connectivity index (χ0) is 16.0. The minimum atomic E-state index is -3.96. The van der Waals surface area contributed by atoms with Crippen molar-refractivity contribution in [3.05, 3.63) is 41.4 Å². The summed E-state index contributed by atoms with van der Waals surface area (Å²) in [5.74, 6) is -0.379. The molecule has 0 aliphatic heterocycles. The molecule has 0 saturated carbocycles. The number of halogens is 2. The van der Waals surface area contributed by atoms with Gasteiger partial charge in [-0.1, -0.05) is 17.7 Å². The molecule has 0 fully saturated rings. The third-order valence-corrected chi connectivity index (χ3v) is 4.15. The van der Waals surface area contributed by atoms with Gasteiger partial charge in [-0.05, 0) is 18.2 Å². The van der Waals surface area contributed by atoms with E-state index < -0.39 is 9.05 Å². The molecule has 1 aromatic carbocycles. The number of benzene rings is 1. The molecular weight excluding hydrogens is 337 g/mol. The van der Waals surface area contributed by atoms with Crippen molar-refractivity contribution in [3.63, 3.8) is 0 Å². The Morgan fingerprint density at radius 3 is 2.62 bits per heavy atom. The molecule has 0 N–H and O–H groups in total. The van der Waals surface area contributed by atoms with Crippen LogP contribution in [0.15, 0.2) is 35.7 Å². The zero-order valence-corrected chi connectivity index (χ0v) is 13.7. The quantitative estimate of drug-likeness (QED) is 0.559. The van der Waals surface area contributed by atoms with Gasteiger partial charge >= 0.3 is 0 Å². The second-order valence-corrected chi connectivity index (χ2v) is 7.15. The molecule has 0 radical (unpaired) electrons. The van der Waals surface area contributed by atoms with E-state index >= 15 is 0 Å². The van der Waals surface area contributed by atoms with Crippen molar-refractivity contribution in [2.75, 3.05) is 26.8 Å². The molecule has 0 atom stereocenters. The van der Waals surface area contributed by atoms with Crippen molar-refractivity contribution >= 4 is 37.2 Å². The van der Waals surface area contributed by atoms with Crippen LogP contribution in [0.2, 0.25) is 5.02 Å². The van der Waals surface area contributed by atoms with Gasteiger partial charge in [-0.15, -0.1) is 6.58 Å². The van der Waals surface area contributed by atoms with Gasteiger partial charge in [0.05, 0.1) is 11.5 Å². The van der Waals surface area contributed by atoms with Crippen molar-refractivity contribution in [1.29, 1.82) is 0 Å². The third-order valence-electron chi connectivity index (χ3n) is 2.60. The Bertz CT molecular complexity index is 631. The highest BCUT2D eigenvalue weighted by Gasteiger charge is 2.19. The summed E-state index contributed by atoms with van der Waals surface area (Å²) in [6, 6.07) is 3.77. The van der Waals surface area contributed by atoms with Crippen molar-refractivity contribution in [2.24, 2.45) is 0 Å². The van der Waals surface area contributed by atoms with E-state index in [4.69, 9.17) is 27.0 Å². The first-order valence-electron chi connectivity index (χ1n) is 5.94. The third kappa shape index (κ3) is 5.32. The highest BCUT2D eigenvalue weighted by atomic mass is 35.7. The van der Waals surface area contributed by atoms with Crippen LogP contribution in [0.1, 0.15) is 10.4 Å². The van der Waals surface area contributed by atoms with Crippen molar-refractivity contribution in [1.82, 2.24) is 4.90 Å². The normalized spacial score (nSPS) is 11.2. The summed E-state index contributed by atoms with van der Waals surface area (Å²) in [6.45, 7) is 4.58. The van der Waals surface area contributed by atoms with Crippen LogP contribution in [-0.2, 0) is 13.8 Å². The first kappa shape index (κ1) is 18.0. The van der Waals surface area contributed by atoms with Crippen LogP contribution < -0.4 is 0 Å². The lowest BCUT2D eigenvalue weighted by Gasteiger charge is -2.21. The fourth-order valence-electron chi connectivity index (χ4n) is 1.64. The van der Waals surface area contributed by atoms with Gasteiger partial charge in [0.2, 0.25) is 0 Å². The molecule has 0 aromatic heterocycles. The maximum atomic E-state index is 12.4. The Morgan fingerprint density at radius 1 is 1.43 bits per heavy atom. The van der Waals surface area contributed by atoms with Crippen LogP contribution in [0.5, 0.6) is 0 Å². The Balaban J connectivity index is 3.15. The fourth-order valence-corrected chi connectivity index (χ4v) is 2.75. The second kappa shape index (κ2) is 7.79. The van der Waals surface area contributed by atoms with E-state index in [2.05, 4.69) is 6.58 Å². The predicted molar refractivity (Wildman–Crippen MR) is 82.5 cm³/mol. The van der Waals surface area contributed by atoms with E-state index in [-0.39, 0.29) is 21.4 Å². The summed E-state index contributed by atoms with van der Waals surface area (Å²) in [7, 11) is 2.84. The molecule has 1 rings (SSSR count). The first-order valence-corrected chi connectivity index (χ1v) is 8.62. The number of hydrogen-bond acceptors (Lipinski definition) is 4. The molecular formula is C13H15Cl2NO4S. The van der Waals surface area contributed by atoms with Gasteiger partial charge in [0.25, 0.3) is 15.0 Å². The molecule has 116 valence electrons. The van der Waals surface area contributed by atoms with Gasteiger partial charge < -0.3 is 9.64 Å². The summed E-state index contributed by atoms with van der Waals surface area (Å²) < 4.78 is 27.7. The smallest absolute Gasteiger partial charge is 0.261 e. The summed E-state index contributed by atoms with van der Waals surface area (Å²) >= 11 is 5.85. The van der Waals surface area contributed by atoms with E-state index in [1.54, 1.807) is 6.08 Å². The van der Waals surface area contributed by atoms with Crippen LogP contribution in [-0.4, -0.2) is 46.0 Å². The number of hydrogen-bond donors (Lipinski definition) is 0. The lowest BCUT2D eigenvalue weighted by Crippen LogP contribution is -2.34. The monoisotopic (exact) mass is 351 g/mol. The Labute approximate surface area is 133 Å². The lowest BCUT2D eigenvalue weighted by atomic mass is 10.2. The van der Waals surface area contributed by atoms with Gasteiger partial charge in [-0.3, -0.25) is 4.79 Å². The molecule has 8 heteroatoms. The molecule has 0 unspecified atom stereocenters. The van der Waals surface area contributed by atoms with Gasteiger partial charge in [-0.2, -0.15) is 0 Å². The molecule has 0 bridgehead atoms. The van der Waals surface area contributed by atoms with E-state index in [0.29, 0.717) is 19.7 Å². The Kier molecular flexibility index (Phi) is 6.67. The largest absolute Gasteiger partial charge is 0.383 e. The van der Waals surface area contributed by atoms with Gasteiger partial charge in [0, 0.05) is 41.5 Å². The van der Waals surface area contributed by atoms with Crippen molar-refractivity contribution in [3.8, 4) is 0 Å². The van der Waals surface area contributed by atoms with E-state index in [9.17, 15) is 13.2 Å². The molecule has 21 heavy (non-hydrogen) atoms. The molecule has 0 saturated heterocycles. The van der Waals surface area contributed by atoms with Crippen LogP contribution in [0.25, 0.3) is 0 Å². The van der Waals surface area contributed by atoms with Crippen molar-refractivity contribution < 1.29 is 17.9 Å². The predicted octanol–water partition coefficient (Wildman–Crippen LogP) is 2.54. The van der Waals surface area contributed by atoms with Crippen LogP contribution in [0.3, 0.4) is 0 Å². The van der Waals surface area contributed by atoms with E-state index in [0.717, 1.165) is 0 Å². The second-order valence-electron chi connectivity index (χ2n) is 4.15. The first-order chi connectivity index (χ1) is 9.79. The van der Waals surface area contributed by atoms with Gasteiger partial charge in [0.1, 0.15) is 0 Å². The fraction of sp³-hybridized carbons (Fsp3) is 0.308. The highest BCUT2D eigenvalue weighted by molar-refractivity contribution is 8.13. The molecule has 0 aliphatic carbocycles. The van der Waals surface area contributed by atoms with Gasteiger partial charge in [-0.25, -0.2) is 8.42 Å². The van der Waals surface area contributed by atoms with Crippen molar-refractivity contribution in [2.45, 2.75) is 4.90 Å². The Morgan fingerprint density at radius 2 is 2.10 bits per heavy atom. The molecule has 0 spiro atoms. The summed E-state index contributed by atoms with van der Waals surface area (Å²) in [4.78, 5) is 13.6. The number of rotatable bonds is 7. The average molecular weight is 352 g/mol. The maximum Gasteiger partial charge on any atom is 0.261 e. The zero-order valence-electron chi connectivity index (χ0n) is 11.4. The SMILES string of the molecule is C=CCN(CCOC)C(=O)c1cc(Cl)cc(S(=O)(=O)Cl)c1. The van der Waals surface area contributed by atoms with Gasteiger partial charge in [0.15, 0.2) is 0 Å². The number of carbonyl (C=O) groups excluding carboxylic acids is 1. The molecule has 1 amide bonds. The maximum absolute atomic E-state index is 12.4. The summed E-state index contributed by atoms with van der Waals surface area (Å²) in [5.41, 5.74) is 0.139. The number of ether oxygens (including phenoxy) is 1. The van der Waals surface area contributed by atoms with E-state index in [1.807, 2.05) is 0 Å². The Hall–Kier alpha value is -1.08. The minimum Gasteiger partial charge on any atom is -0.383 e. The minimum absolute atomic E-state index is 0.116. The highest BCUT2D eigenvalue weighted by Crippen LogP contribution is 2.23. The number of amides is 1. The lowest BCUT2D eigenvalue weighted by molar-refractivity contribution is 0.0718. The number of methoxy groups -OCH3 is 1. The standard InChI is InChI=1S/C13H15Cl2NO4S/c1-3-4-16(5-6-20-2)13(17)10-7-11(14)9-12(8-10)21(15,18)19/h3,7-9H,1,4-6H2,2H3. The topological polar surface area (TPSA) is 63.7 Å². The summed E-state index contributed by atoms with van der Waals surface area (Å²) in [6.07, 6.45) is 1.57. The van der Waals surface area contributed by atoms with Crippen LogP contribution in [0, 0.1) is 0 Å². The molecule has 0 heterocycles. The summed E-state index contributed by atoms with van der Waals surface area (Å²) in [5, 5.41) is 0.116. The molecule has 1 aromatic rings. The number of carbonyl (C=O) groups is 1. The average Bonchev–Trinajstić information content (AvgIpc) is 2.41. The number of nitrogens with zero attached hydrogens (tertiary/aromatic N) is 1. The van der Waals surface area contributed by atoms with Crippen LogP contribution >= 0.6 is 22.3 Å². The molecule has 0 aliphatic rings. The van der Waals surface area contributed by atoms with Crippen LogP contribution in [0.4, 0.5) is 0 Å². The molecule has 5 nitrogen and oxygen atoms in total. The van der Waals surface area contributed by atoms with E-state index in [1.165, 1.54) is 30.2 Å².